The first-order valence-electron chi connectivity index (χ1n) is 5.36. The Morgan fingerprint density at radius 1 is 1.31 bits per heavy atom. The summed E-state index contributed by atoms with van der Waals surface area (Å²) in [6, 6.07) is 0. The number of allylic oxidation sites excluding steroid dienone is 6. The van der Waals surface area contributed by atoms with Crippen molar-refractivity contribution in [3.8, 4) is 0 Å². The van der Waals surface area contributed by atoms with Crippen molar-refractivity contribution in [1.29, 1.82) is 0 Å². The second-order valence-corrected chi connectivity index (χ2v) is 4.32. The molecule has 0 radical (unpaired) electrons. The largest absolute Gasteiger partial charge is 0.0841 e. The molecule has 0 aliphatic heterocycles. The zero-order valence-corrected chi connectivity index (χ0v) is 8.59. The fourth-order valence-corrected chi connectivity index (χ4v) is 2.38. The van der Waals surface area contributed by atoms with Gasteiger partial charge in [0.15, 0.2) is 0 Å². The molecule has 0 fully saturated rings. The molecule has 0 aromatic rings. The molecular weight excluding hydrogens is 156 g/mol. The van der Waals surface area contributed by atoms with E-state index in [1.54, 1.807) is 11.1 Å². The van der Waals surface area contributed by atoms with Crippen LogP contribution in [-0.4, -0.2) is 0 Å². The number of hydrogen-bond acceptors (Lipinski definition) is 0. The van der Waals surface area contributed by atoms with Crippen LogP contribution in [0.15, 0.2) is 35.5 Å². The van der Waals surface area contributed by atoms with Crippen molar-refractivity contribution in [3.63, 3.8) is 0 Å². The van der Waals surface area contributed by atoms with Crippen LogP contribution >= 0.6 is 0 Å². The molecule has 0 bridgehead atoms. The van der Waals surface area contributed by atoms with Gasteiger partial charge in [-0.1, -0.05) is 38.2 Å². The molecule has 0 spiro atoms. The minimum Gasteiger partial charge on any atom is -0.0841 e. The first-order chi connectivity index (χ1) is 6.29. The predicted molar refractivity (Wildman–Crippen MR) is 57.5 cm³/mol. The highest BCUT2D eigenvalue weighted by Crippen LogP contribution is 2.36. The monoisotopic (exact) mass is 174 g/mol. The Hall–Kier alpha value is -0.780. The highest BCUT2D eigenvalue weighted by atomic mass is 14.3. The Morgan fingerprint density at radius 3 is 2.92 bits per heavy atom. The Kier molecular flexibility index (Phi) is 2.39. The molecular formula is C13H18. The highest BCUT2D eigenvalue weighted by Gasteiger charge is 2.21. The molecule has 1 unspecified atom stereocenters. The number of fused-ring (bicyclic) bond motifs is 1. The van der Waals surface area contributed by atoms with Crippen molar-refractivity contribution in [3.05, 3.63) is 35.5 Å². The molecule has 0 heterocycles. The minimum atomic E-state index is 0.695. The van der Waals surface area contributed by atoms with Crippen molar-refractivity contribution in [1.82, 2.24) is 0 Å². The van der Waals surface area contributed by atoms with Gasteiger partial charge >= 0.3 is 0 Å². The molecule has 0 aromatic carbocycles. The van der Waals surface area contributed by atoms with Crippen molar-refractivity contribution < 1.29 is 0 Å². The molecule has 0 aromatic heterocycles. The van der Waals surface area contributed by atoms with E-state index in [0.717, 1.165) is 12.3 Å². The van der Waals surface area contributed by atoms with Crippen molar-refractivity contribution in [2.45, 2.75) is 33.1 Å². The lowest BCUT2D eigenvalue weighted by atomic mass is 9.77. The summed E-state index contributed by atoms with van der Waals surface area (Å²) in [7, 11) is 0. The van der Waals surface area contributed by atoms with Gasteiger partial charge in [-0.3, -0.25) is 0 Å². The molecule has 0 saturated carbocycles. The first kappa shape index (κ1) is 8.80. The zero-order chi connectivity index (χ0) is 9.26. The maximum atomic E-state index is 2.44. The third-order valence-electron chi connectivity index (χ3n) is 3.04. The molecule has 0 amide bonds. The van der Waals surface area contributed by atoms with E-state index in [0.29, 0.717) is 5.92 Å². The van der Waals surface area contributed by atoms with Crippen LogP contribution in [0, 0.1) is 11.8 Å². The van der Waals surface area contributed by atoms with Gasteiger partial charge in [-0.2, -0.15) is 0 Å². The Morgan fingerprint density at radius 2 is 2.15 bits per heavy atom. The fraction of sp³-hybridized carbons (Fsp3) is 0.538. The zero-order valence-electron chi connectivity index (χ0n) is 8.59. The minimum absolute atomic E-state index is 0.695. The van der Waals surface area contributed by atoms with Gasteiger partial charge in [0.05, 0.1) is 0 Å². The van der Waals surface area contributed by atoms with Gasteiger partial charge in [-0.25, -0.2) is 0 Å². The molecule has 0 saturated heterocycles. The van der Waals surface area contributed by atoms with E-state index in [1.165, 1.54) is 12.8 Å². The van der Waals surface area contributed by atoms with Gasteiger partial charge in [0.25, 0.3) is 0 Å². The van der Waals surface area contributed by atoms with Crippen LogP contribution in [0.25, 0.3) is 0 Å². The summed E-state index contributed by atoms with van der Waals surface area (Å²) in [4.78, 5) is 0. The summed E-state index contributed by atoms with van der Waals surface area (Å²) in [5.74, 6) is 1.43. The van der Waals surface area contributed by atoms with Gasteiger partial charge in [-0.05, 0) is 36.3 Å². The van der Waals surface area contributed by atoms with Crippen LogP contribution in [0.2, 0.25) is 0 Å². The number of hydrogen-bond donors (Lipinski definition) is 0. The molecule has 0 N–H and O–H groups in total. The predicted octanol–water partition coefficient (Wildman–Crippen LogP) is 3.87. The standard InChI is InChI=1S/C13H18/c1-10(2)12-9-5-7-11-6-3-4-8-13(11)12/h3,6,8-11H,4-5,7H2,1-2H3. The molecule has 70 valence electrons. The van der Waals surface area contributed by atoms with E-state index >= 15 is 0 Å². The lowest BCUT2D eigenvalue weighted by molar-refractivity contribution is 0.612. The molecule has 2 rings (SSSR count). The van der Waals surface area contributed by atoms with Gasteiger partial charge in [0.2, 0.25) is 0 Å². The average molecular weight is 174 g/mol. The smallest absolute Gasteiger partial charge is 0.00206 e. The van der Waals surface area contributed by atoms with Gasteiger partial charge in [-0.15, -0.1) is 0 Å². The Bertz CT molecular complexity index is 276. The summed E-state index contributed by atoms with van der Waals surface area (Å²) < 4.78 is 0. The topological polar surface area (TPSA) is 0 Å². The van der Waals surface area contributed by atoms with Gasteiger partial charge in [0.1, 0.15) is 0 Å². The highest BCUT2D eigenvalue weighted by molar-refractivity contribution is 5.41. The molecule has 13 heavy (non-hydrogen) atoms. The molecule has 1 atom stereocenters. The maximum absolute atomic E-state index is 2.44. The average Bonchev–Trinajstić information content (AvgIpc) is 2.17. The summed E-state index contributed by atoms with van der Waals surface area (Å²) in [5.41, 5.74) is 3.21. The van der Waals surface area contributed by atoms with Gasteiger partial charge < -0.3 is 0 Å². The van der Waals surface area contributed by atoms with Crippen molar-refractivity contribution >= 4 is 0 Å². The Labute approximate surface area is 81.0 Å². The SMILES string of the molecule is CC(C)C1=CCCC2C=CCC=C12. The lowest BCUT2D eigenvalue weighted by Crippen LogP contribution is -2.13. The second-order valence-electron chi connectivity index (χ2n) is 4.32. The van der Waals surface area contributed by atoms with Crippen LogP contribution in [-0.2, 0) is 0 Å². The van der Waals surface area contributed by atoms with Crippen LogP contribution < -0.4 is 0 Å². The summed E-state index contributed by atoms with van der Waals surface area (Å²) in [5, 5.41) is 0. The van der Waals surface area contributed by atoms with E-state index in [9.17, 15) is 0 Å². The second kappa shape index (κ2) is 3.53. The van der Waals surface area contributed by atoms with Crippen LogP contribution in [0.3, 0.4) is 0 Å². The van der Waals surface area contributed by atoms with E-state index in [1.807, 2.05) is 0 Å². The molecule has 2 aliphatic rings. The number of rotatable bonds is 1. The summed E-state index contributed by atoms with van der Waals surface area (Å²) in [6.45, 7) is 4.60. The van der Waals surface area contributed by atoms with Crippen LogP contribution in [0.4, 0.5) is 0 Å². The van der Waals surface area contributed by atoms with Crippen LogP contribution in [0.5, 0.6) is 0 Å². The molecule has 2 aliphatic carbocycles. The fourth-order valence-electron chi connectivity index (χ4n) is 2.38. The quantitative estimate of drug-likeness (QED) is 0.529. The maximum Gasteiger partial charge on any atom is 0.00206 e. The van der Waals surface area contributed by atoms with Crippen LogP contribution in [0.1, 0.15) is 33.1 Å². The summed E-state index contributed by atoms with van der Waals surface area (Å²) >= 11 is 0. The first-order valence-corrected chi connectivity index (χ1v) is 5.36. The molecule has 0 heteroatoms. The van der Waals surface area contributed by atoms with Gasteiger partial charge in [0, 0.05) is 5.92 Å². The third-order valence-corrected chi connectivity index (χ3v) is 3.04. The lowest BCUT2D eigenvalue weighted by Gasteiger charge is -2.28. The van der Waals surface area contributed by atoms with E-state index in [-0.39, 0.29) is 0 Å². The third kappa shape index (κ3) is 1.63. The summed E-state index contributed by atoms with van der Waals surface area (Å²) in [6.07, 6.45) is 13.3. The molecule has 0 nitrogen and oxygen atoms in total. The van der Waals surface area contributed by atoms with E-state index in [2.05, 4.69) is 38.2 Å². The Balaban J connectivity index is 2.29. The van der Waals surface area contributed by atoms with Crippen molar-refractivity contribution in [2.24, 2.45) is 11.8 Å². The van der Waals surface area contributed by atoms with E-state index in [4.69, 9.17) is 0 Å². The normalized spacial score (nSPS) is 26.8. The van der Waals surface area contributed by atoms with E-state index < -0.39 is 0 Å². The van der Waals surface area contributed by atoms with Crippen molar-refractivity contribution in [2.75, 3.05) is 0 Å².